The molecule has 5 nitrogen and oxygen atoms in total. The van der Waals surface area contributed by atoms with Crippen LogP contribution >= 0.6 is 7.60 Å². The number of aromatic nitrogens is 2. The fourth-order valence-corrected chi connectivity index (χ4v) is 4.56. The predicted octanol–water partition coefficient (Wildman–Crippen LogP) is 5.18. The Morgan fingerprint density at radius 2 is 1.78 bits per heavy atom. The van der Waals surface area contributed by atoms with Crippen molar-refractivity contribution in [2.45, 2.75) is 26.7 Å². The fourth-order valence-electron chi connectivity index (χ4n) is 2.89. The van der Waals surface area contributed by atoms with Crippen LogP contribution in [-0.4, -0.2) is 29.3 Å². The Balaban J connectivity index is 1.67. The fraction of sp³-hybridized carbons (Fsp3) is 0.333. The third-order valence-electron chi connectivity index (χ3n) is 4.04. The summed E-state index contributed by atoms with van der Waals surface area (Å²) >= 11 is 0. The van der Waals surface area contributed by atoms with E-state index in [1.165, 1.54) is 0 Å². The molecule has 0 saturated heterocycles. The summed E-state index contributed by atoms with van der Waals surface area (Å²) in [5, 5.41) is 2.09. The van der Waals surface area contributed by atoms with E-state index in [1.807, 2.05) is 44.2 Å². The van der Waals surface area contributed by atoms with E-state index < -0.39 is 7.60 Å². The molecule has 140 valence electrons. The number of fused-ring (bicyclic) bond motifs is 3. The molecule has 3 rings (SSSR count). The maximum atomic E-state index is 12.4. The maximum Gasteiger partial charge on any atom is 0.330 e. The second kappa shape index (κ2) is 9.10. The van der Waals surface area contributed by atoms with Crippen molar-refractivity contribution >= 4 is 29.4 Å². The molecule has 2 aromatic heterocycles. The van der Waals surface area contributed by atoms with Crippen molar-refractivity contribution in [3.05, 3.63) is 48.3 Å². The van der Waals surface area contributed by atoms with E-state index in [-0.39, 0.29) is 0 Å². The van der Waals surface area contributed by atoms with Gasteiger partial charge in [0.15, 0.2) is 0 Å². The van der Waals surface area contributed by atoms with E-state index in [9.17, 15) is 4.57 Å². The molecule has 0 aliphatic heterocycles. The minimum atomic E-state index is -2.97. The highest BCUT2D eigenvalue weighted by atomic mass is 31.2. The molecule has 0 bridgehead atoms. The van der Waals surface area contributed by atoms with E-state index in [0.717, 1.165) is 27.4 Å². The number of pyridine rings is 2. The normalized spacial score (nSPS) is 11.5. The monoisotopic (exact) mass is 382 g/mol. The van der Waals surface area contributed by atoms with Crippen molar-refractivity contribution in [3.8, 4) is 11.8 Å². The van der Waals surface area contributed by atoms with Gasteiger partial charge in [0.2, 0.25) is 0 Å². The standard InChI is InChI=1S/C21H23N2O3P/c1-3-25-27(24,26-4-2)14-7-5-6-9-17-15-19-12-11-18-10-8-13-22-20(18)21(19)23-16-17/h8,10-13,15-16H,3-5,7,14H2,1-2H3. The molecule has 0 unspecified atom stereocenters. The highest BCUT2D eigenvalue weighted by Crippen LogP contribution is 2.48. The summed E-state index contributed by atoms with van der Waals surface area (Å²) in [6.07, 6.45) is 5.23. The molecule has 0 saturated carbocycles. The number of nitrogens with zero attached hydrogens (tertiary/aromatic N) is 2. The van der Waals surface area contributed by atoms with Gasteiger partial charge >= 0.3 is 7.60 Å². The first-order chi connectivity index (χ1) is 13.1. The van der Waals surface area contributed by atoms with Crippen molar-refractivity contribution in [1.82, 2.24) is 9.97 Å². The van der Waals surface area contributed by atoms with Gasteiger partial charge in [-0.05, 0) is 32.4 Å². The zero-order chi connectivity index (χ0) is 19.1. The Morgan fingerprint density at radius 3 is 2.56 bits per heavy atom. The van der Waals surface area contributed by atoms with Crippen molar-refractivity contribution < 1.29 is 13.6 Å². The van der Waals surface area contributed by atoms with E-state index in [2.05, 4.69) is 21.8 Å². The topological polar surface area (TPSA) is 61.3 Å². The summed E-state index contributed by atoms with van der Waals surface area (Å²) < 4.78 is 23.0. The Labute approximate surface area is 159 Å². The largest absolute Gasteiger partial charge is 0.330 e. The lowest BCUT2D eigenvalue weighted by Gasteiger charge is -2.15. The van der Waals surface area contributed by atoms with Crippen LogP contribution in [0.3, 0.4) is 0 Å². The highest BCUT2D eigenvalue weighted by molar-refractivity contribution is 7.53. The number of benzene rings is 1. The molecule has 1 aromatic carbocycles. The Morgan fingerprint density at radius 1 is 1.04 bits per heavy atom. The second-order valence-corrected chi connectivity index (χ2v) is 8.20. The van der Waals surface area contributed by atoms with Crippen molar-refractivity contribution in [2.24, 2.45) is 0 Å². The van der Waals surface area contributed by atoms with Crippen LogP contribution < -0.4 is 0 Å². The molecule has 0 aliphatic carbocycles. The molecular weight excluding hydrogens is 359 g/mol. The molecule has 0 N–H and O–H groups in total. The molecule has 0 radical (unpaired) electrons. The molecule has 27 heavy (non-hydrogen) atoms. The number of hydrogen-bond acceptors (Lipinski definition) is 5. The van der Waals surface area contributed by atoms with Crippen LogP contribution in [0.2, 0.25) is 0 Å². The van der Waals surface area contributed by atoms with E-state index in [4.69, 9.17) is 9.05 Å². The summed E-state index contributed by atoms with van der Waals surface area (Å²) in [7, 11) is -2.97. The lowest BCUT2D eigenvalue weighted by atomic mass is 10.1. The van der Waals surface area contributed by atoms with Gasteiger partial charge in [0.1, 0.15) is 0 Å². The molecular formula is C21H23N2O3P. The SMILES string of the molecule is CCOP(=O)(CCCC#Cc1cnc2c(ccc3cccnc32)c1)OCC. The maximum absolute atomic E-state index is 12.4. The van der Waals surface area contributed by atoms with Gasteiger partial charge in [-0.1, -0.05) is 30.0 Å². The van der Waals surface area contributed by atoms with Gasteiger partial charge in [-0.2, -0.15) is 0 Å². The lowest BCUT2D eigenvalue weighted by Crippen LogP contribution is -2.00. The first-order valence-electron chi connectivity index (χ1n) is 9.15. The first kappa shape index (κ1) is 19.5. The first-order valence-corrected chi connectivity index (χ1v) is 10.9. The third kappa shape index (κ3) is 4.93. The summed E-state index contributed by atoms with van der Waals surface area (Å²) in [5.74, 6) is 6.25. The lowest BCUT2D eigenvalue weighted by molar-refractivity contribution is 0.220. The van der Waals surface area contributed by atoms with Gasteiger partial charge in [-0.15, -0.1) is 0 Å². The van der Waals surface area contributed by atoms with E-state index >= 15 is 0 Å². The van der Waals surface area contributed by atoms with Crippen molar-refractivity contribution in [2.75, 3.05) is 19.4 Å². The summed E-state index contributed by atoms with van der Waals surface area (Å²) in [6, 6.07) is 10.1. The molecule has 0 amide bonds. The quantitative estimate of drug-likeness (QED) is 0.244. The van der Waals surface area contributed by atoms with Crippen LogP contribution in [0.15, 0.2) is 42.7 Å². The van der Waals surface area contributed by atoms with Crippen LogP contribution in [0.25, 0.3) is 21.8 Å². The average molecular weight is 382 g/mol. The van der Waals surface area contributed by atoms with Gasteiger partial charge in [-0.25, -0.2) is 0 Å². The smallest absolute Gasteiger partial charge is 0.309 e. The van der Waals surface area contributed by atoms with Crippen LogP contribution in [0.5, 0.6) is 0 Å². The van der Waals surface area contributed by atoms with Gasteiger partial charge in [0.25, 0.3) is 0 Å². The van der Waals surface area contributed by atoms with E-state index in [0.29, 0.717) is 32.2 Å². The summed E-state index contributed by atoms with van der Waals surface area (Å²) in [4.78, 5) is 8.98. The van der Waals surface area contributed by atoms with Crippen LogP contribution in [0, 0.1) is 11.8 Å². The minimum absolute atomic E-state index is 0.384. The van der Waals surface area contributed by atoms with Crippen molar-refractivity contribution in [1.29, 1.82) is 0 Å². The van der Waals surface area contributed by atoms with Crippen LogP contribution in [-0.2, 0) is 13.6 Å². The van der Waals surface area contributed by atoms with Crippen LogP contribution in [0.4, 0.5) is 0 Å². The zero-order valence-corrected chi connectivity index (χ0v) is 16.5. The predicted molar refractivity (Wildman–Crippen MR) is 109 cm³/mol. The number of hydrogen-bond donors (Lipinski definition) is 0. The molecule has 0 atom stereocenters. The molecule has 0 spiro atoms. The van der Waals surface area contributed by atoms with Crippen molar-refractivity contribution in [3.63, 3.8) is 0 Å². The Bertz CT molecular complexity index is 1030. The third-order valence-corrected chi connectivity index (χ3v) is 6.21. The molecule has 3 aromatic rings. The number of unbranched alkanes of at least 4 members (excludes halogenated alkanes) is 1. The summed E-state index contributed by atoms with van der Waals surface area (Å²) in [5.41, 5.74) is 2.64. The Hall–Kier alpha value is -2.25. The van der Waals surface area contributed by atoms with E-state index in [1.54, 1.807) is 12.4 Å². The average Bonchev–Trinajstić information content (AvgIpc) is 2.68. The molecule has 6 heteroatoms. The number of rotatable bonds is 7. The molecule has 0 aliphatic rings. The minimum Gasteiger partial charge on any atom is -0.309 e. The second-order valence-electron chi connectivity index (χ2n) is 6.01. The summed E-state index contributed by atoms with van der Waals surface area (Å²) in [6.45, 7) is 4.40. The highest BCUT2D eigenvalue weighted by Gasteiger charge is 2.22. The van der Waals surface area contributed by atoms with Crippen LogP contribution in [0.1, 0.15) is 32.3 Å². The van der Waals surface area contributed by atoms with Gasteiger partial charge in [0, 0.05) is 35.2 Å². The Kier molecular flexibility index (Phi) is 6.58. The zero-order valence-electron chi connectivity index (χ0n) is 15.6. The molecule has 0 fully saturated rings. The molecule has 2 heterocycles. The van der Waals surface area contributed by atoms with Gasteiger partial charge < -0.3 is 9.05 Å². The van der Waals surface area contributed by atoms with Gasteiger partial charge in [0.05, 0.1) is 30.4 Å². The van der Waals surface area contributed by atoms with Gasteiger partial charge in [-0.3, -0.25) is 14.5 Å².